The summed E-state index contributed by atoms with van der Waals surface area (Å²) in [5, 5.41) is 22.9. The van der Waals surface area contributed by atoms with Crippen LogP contribution in [0.15, 0.2) is 78.9 Å². The third-order valence-corrected chi connectivity index (χ3v) is 4.16. The van der Waals surface area contributed by atoms with Crippen molar-refractivity contribution in [2.45, 2.75) is 12.5 Å². The van der Waals surface area contributed by atoms with Crippen molar-refractivity contribution in [2.75, 3.05) is 5.32 Å². The van der Waals surface area contributed by atoms with Gasteiger partial charge in [-0.3, -0.25) is 5.32 Å². The van der Waals surface area contributed by atoms with Crippen LogP contribution >= 0.6 is 0 Å². The summed E-state index contributed by atoms with van der Waals surface area (Å²) in [6.45, 7) is 0. The van der Waals surface area contributed by atoms with Gasteiger partial charge in [-0.1, -0.05) is 54.6 Å². The van der Waals surface area contributed by atoms with Crippen LogP contribution in [0.25, 0.3) is 10.8 Å². The summed E-state index contributed by atoms with van der Waals surface area (Å²) >= 11 is 0. The van der Waals surface area contributed by atoms with Crippen molar-refractivity contribution < 1.29 is 24.5 Å². The highest BCUT2D eigenvalue weighted by Gasteiger charge is 2.19. The van der Waals surface area contributed by atoms with Crippen molar-refractivity contribution in [3.05, 3.63) is 84.4 Å². The number of ether oxygens (including phenoxy) is 1. The van der Waals surface area contributed by atoms with E-state index in [2.05, 4.69) is 5.32 Å². The fourth-order valence-corrected chi connectivity index (χ4v) is 2.92. The molecule has 142 valence electrons. The molecule has 0 saturated carbocycles. The maximum absolute atomic E-state index is 12.4. The van der Waals surface area contributed by atoms with Gasteiger partial charge < -0.3 is 14.9 Å². The number of nitrogens with one attached hydrogen (secondary N) is 1. The van der Waals surface area contributed by atoms with Crippen LogP contribution in [0.2, 0.25) is 0 Å². The van der Waals surface area contributed by atoms with Gasteiger partial charge in [0.2, 0.25) is 0 Å². The number of aliphatic carboxylic acids is 1. The van der Waals surface area contributed by atoms with Gasteiger partial charge in [0.05, 0.1) is 0 Å². The number of phenols is 1. The molecule has 1 amide bonds. The molecule has 0 radical (unpaired) electrons. The number of fused-ring (bicyclic) bond motifs is 1. The summed E-state index contributed by atoms with van der Waals surface area (Å²) in [5.41, 5.74) is 1.26. The lowest BCUT2D eigenvalue weighted by atomic mass is 9.97. The van der Waals surface area contributed by atoms with Gasteiger partial charge in [-0.15, -0.1) is 0 Å². The number of hydrogen-bond donors (Lipinski definition) is 3. The SMILES string of the molecule is O=C(O)/C=C/C[C@H](OC(=O)Nc1ccccc1)c1ccc(O)c2ccccc12. The van der Waals surface area contributed by atoms with Gasteiger partial charge >= 0.3 is 12.1 Å². The Kier molecular flexibility index (Phi) is 5.91. The van der Waals surface area contributed by atoms with Crippen LogP contribution in [0.3, 0.4) is 0 Å². The van der Waals surface area contributed by atoms with E-state index in [4.69, 9.17) is 9.84 Å². The number of amides is 1. The monoisotopic (exact) mass is 377 g/mol. The largest absolute Gasteiger partial charge is 0.507 e. The van der Waals surface area contributed by atoms with Crippen LogP contribution < -0.4 is 5.32 Å². The maximum atomic E-state index is 12.4. The fourth-order valence-electron chi connectivity index (χ4n) is 2.92. The number of carbonyl (C=O) groups excluding carboxylic acids is 1. The first kappa shape index (κ1) is 19.0. The third-order valence-electron chi connectivity index (χ3n) is 4.16. The standard InChI is InChI=1S/C22H19NO5/c24-19-14-13-18(16-9-4-5-10-17(16)19)20(11-6-12-21(25)26)28-22(27)23-15-7-2-1-3-8-15/h1-10,12-14,20,24H,11H2,(H,23,27)(H,25,26)/b12-6+/t20-/m0/s1. The second kappa shape index (κ2) is 8.73. The zero-order valence-corrected chi connectivity index (χ0v) is 14.9. The zero-order chi connectivity index (χ0) is 19.9. The molecule has 0 aromatic heterocycles. The molecule has 0 unspecified atom stereocenters. The molecular formula is C22H19NO5. The molecule has 6 nitrogen and oxygen atoms in total. The Hall–Kier alpha value is -3.80. The molecular weight excluding hydrogens is 358 g/mol. The van der Waals surface area contributed by atoms with E-state index < -0.39 is 18.2 Å². The van der Waals surface area contributed by atoms with E-state index in [1.807, 2.05) is 18.2 Å². The van der Waals surface area contributed by atoms with E-state index in [1.165, 1.54) is 12.1 Å². The third kappa shape index (κ3) is 4.67. The molecule has 6 heteroatoms. The van der Waals surface area contributed by atoms with Gasteiger partial charge in [0.1, 0.15) is 11.9 Å². The molecule has 0 saturated heterocycles. The highest BCUT2D eigenvalue weighted by molar-refractivity contribution is 5.91. The van der Waals surface area contributed by atoms with Crippen molar-refractivity contribution in [1.29, 1.82) is 0 Å². The molecule has 0 aliphatic rings. The minimum Gasteiger partial charge on any atom is -0.507 e. The average Bonchev–Trinajstić information content (AvgIpc) is 2.68. The summed E-state index contributed by atoms with van der Waals surface area (Å²) < 4.78 is 5.59. The number of carboxylic acid groups (broad SMARTS) is 1. The summed E-state index contributed by atoms with van der Waals surface area (Å²) in [5.74, 6) is -0.962. The Labute approximate surface area is 161 Å². The second-order valence-electron chi connectivity index (χ2n) is 6.08. The summed E-state index contributed by atoms with van der Waals surface area (Å²) in [6.07, 6.45) is 1.23. The number of hydrogen-bond acceptors (Lipinski definition) is 4. The molecule has 0 fully saturated rings. The molecule has 0 aliphatic heterocycles. The molecule has 0 heterocycles. The van der Waals surface area contributed by atoms with E-state index in [9.17, 15) is 14.7 Å². The number of aromatic hydroxyl groups is 1. The highest BCUT2D eigenvalue weighted by atomic mass is 16.6. The van der Waals surface area contributed by atoms with Crippen molar-refractivity contribution in [3.8, 4) is 5.75 Å². The van der Waals surface area contributed by atoms with Crippen LogP contribution in [0.4, 0.5) is 10.5 Å². The maximum Gasteiger partial charge on any atom is 0.412 e. The number of benzene rings is 3. The predicted octanol–water partition coefficient (Wildman–Crippen LogP) is 4.87. The number of phenolic OH excluding ortho intramolecular Hbond substituents is 1. The lowest BCUT2D eigenvalue weighted by molar-refractivity contribution is -0.131. The second-order valence-corrected chi connectivity index (χ2v) is 6.08. The Bertz CT molecular complexity index is 1010. The fraction of sp³-hybridized carbons (Fsp3) is 0.0909. The van der Waals surface area contributed by atoms with Crippen molar-refractivity contribution >= 4 is 28.5 Å². The number of carbonyl (C=O) groups is 2. The quantitative estimate of drug-likeness (QED) is 0.533. The molecule has 3 aromatic carbocycles. The molecule has 3 aromatic rings. The first-order valence-electron chi connectivity index (χ1n) is 8.67. The Morgan fingerprint density at radius 3 is 2.36 bits per heavy atom. The van der Waals surface area contributed by atoms with E-state index >= 15 is 0 Å². The number of rotatable bonds is 6. The normalized spacial score (nSPS) is 12.0. The van der Waals surface area contributed by atoms with Gasteiger partial charge in [-0.2, -0.15) is 0 Å². The lowest BCUT2D eigenvalue weighted by Gasteiger charge is -2.19. The Morgan fingerprint density at radius 2 is 1.64 bits per heavy atom. The molecule has 0 aliphatic carbocycles. The predicted molar refractivity (Wildman–Crippen MR) is 106 cm³/mol. The molecule has 28 heavy (non-hydrogen) atoms. The van der Waals surface area contributed by atoms with E-state index in [0.717, 1.165) is 11.5 Å². The van der Waals surface area contributed by atoms with E-state index in [-0.39, 0.29) is 12.2 Å². The van der Waals surface area contributed by atoms with E-state index in [0.29, 0.717) is 16.6 Å². The number of para-hydroxylation sites is 1. The smallest absolute Gasteiger partial charge is 0.412 e. The molecule has 0 bridgehead atoms. The molecule has 1 atom stereocenters. The first-order valence-corrected chi connectivity index (χ1v) is 8.67. The van der Waals surface area contributed by atoms with Gasteiger partial charge in [-0.25, -0.2) is 9.59 Å². The average molecular weight is 377 g/mol. The van der Waals surface area contributed by atoms with Crippen molar-refractivity contribution in [3.63, 3.8) is 0 Å². The van der Waals surface area contributed by atoms with Crippen LogP contribution in [-0.4, -0.2) is 22.3 Å². The Morgan fingerprint density at radius 1 is 0.964 bits per heavy atom. The summed E-state index contributed by atoms with van der Waals surface area (Å²) in [7, 11) is 0. The minimum absolute atomic E-state index is 0.118. The van der Waals surface area contributed by atoms with Crippen LogP contribution in [0, 0.1) is 0 Å². The van der Waals surface area contributed by atoms with Gasteiger partial charge in [-0.05, 0) is 23.6 Å². The lowest BCUT2D eigenvalue weighted by Crippen LogP contribution is -2.17. The Balaban J connectivity index is 1.90. The summed E-state index contributed by atoms with van der Waals surface area (Å²) in [4.78, 5) is 23.2. The topological polar surface area (TPSA) is 95.9 Å². The summed E-state index contributed by atoms with van der Waals surface area (Å²) in [6, 6.07) is 19.3. The van der Waals surface area contributed by atoms with Crippen LogP contribution in [0.1, 0.15) is 18.1 Å². The van der Waals surface area contributed by atoms with Crippen LogP contribution in [0.5, 0.6) is 5.75 Å². The van der Waals surface area contributed by atoms with Crippen molar-refractivity contribution in [2.24, 2.45) is 0 Å². The van der Waals surface area contributed by atoms with Gasteiger partial charge in [0, 0.05) is 29.1 Å². The van der Waals surface area contributed by atoms with Gasteiger partial charge in [0.25, 0.3) is 0 Å². The molecule has 0 spiro atoms. The molecule has 3 N–H and O–H groups in total. The van der Waals surface area contributed by atoms with Crippen LogP contribution in [-0.2, 0) is 9.53 Å². The zero-order valence-electron chi connectivity index (χ0n) is 14.9. The van der Waals surface area contributed by atoms with Gasteiger partial charge in [0.15, 0.2) is 0 Å². The highest BCUT2D eigenvalue weighted by Crippen LogP contribution is 2.34. The molecule has 3 rings (SSSR count). The minimum atomic E-state index is -1.08. The van der Waals surface area contributed by atoms with E-state index in [1.54, 1.807) is 42.5 Å². The number of anilines is 1. The number of carboxylic acids is 1. The van der Waals surface area contributed by atoms with Crippen molar-refractivity contribution in [1.82, 2.24) is 0 Å². The first-order chi connectivity index (χ1) is 13.5.